The third-order valence-corrected chi connectivity index (χ3v) is 6.38. The lowest BCUT2D eigenvalue weighted by molar-refractivity contribution is -0.137. The fourth-order valence-corrected chi connectivity index (χ4v) is 4.73. The van der Waals surface area contributed by atoms with Gasteiger partial charge in [-0.25, -0.2) is 9.78 Å². The van der Waals surface area contributed by atoms with E-state index in [1.54, 1.807) is 6.20 Å². The van der Waals surface area contributed by atoms with E-state index in [9.17, 15) is 14.7 Å². The van der Waals surface area contributed by atoms with Gasteiger partial charge in [0.25, 0.3) is 0 Å². The van der Waals surface area contributed by atoms with E-state index in [0.717, 1.165) is 42.6 Å². The number of carbonyl (C=O) groups excluding carboxylic acids is 1. The molecular weight excluding hydrogens is 392 g/mol. The Morgan fingerprint density at radius 2 is 1.74 bits per heavy atom. The number of anilines is 1. The molecule has 2 heterocycles. The first-order chi connectivity index (χ1) is 15.1. The van der Waals surface area contributed by atoms with Crippen molar-refractivity contribution in [1.82, 2.24) is 15.2 Å². The molecule has 1 aromatic heterocycles. The number of benzene rings is 1. The van der Waals surface area contributed by atoms with Gasteiger partial charge in [0.1, 0.15) is 5.82 Å². The van der Waals surface area contributed by atoms with Gasteiger partial charge in [-0.05, 0) is 61.3 Å². The number of aromatic nitrogens is 1. The molecule has 0 spiro atoms. The average molecular weight is 423 g/mol. The number of carboxylic acids is 1. The van der Waals surface area contributed by atoms with E-state index in [0.29, 0.717) is 25.6 Å². The summed E-state index contributed by atoms with van der Waals surface area (Å²) in [6, 6.07) is 14.3. The quantitative estimate of drug-likeness (QED) is 0.678. The number of rotatable bonds is 5. The van der Waals surface area contributed by atoms with Crippen LogP contribution in [0.2, 0.25) is 0 Å². The Bertz CT molecular complexity index is 897. The number of hydrogen-bond acceptors (Lipinski definition) is 4. The second-order valence-corrected chi connectivity index (χ2v) is 8.56. The summed E-state index contributed by atoms with van der Waals surface area (Å²) in [7, 11) is 0. The highest BCUT2D eigenvalue weighted by Gasteiger charge is 2.28. The number of pyridine rings is 1. The summed E-state index contributed by atoms with van der Waals surface area (Å²) in [6.07, 6.45) is 6.40. The summed E-state index contributed by atoms with van der Waals surface area (Å²) < 4.78 is 0. The highest BCUT2D eigenvalue weighted by atomic mass is 16.4. The van der Waals surface area contributed by atoms with Crippen LogP contribution in [0.1, 0.15) is 55.6 Å². The van der Waals surface area contributed by atoms with Gasteiger partial charge >= 0.3 is 12.0 Å². The minimum atomic E-state index is -0.797. The molecule has 1 aromatic carbocycles. The van der Waals surface area contributed by atoms with Gasteiger partial charge in [0.05, 0.1) is 6.42 Å². The van der Waals surface area contributed by atoms with Gasteiger partial charge in [0, 0.05) is 31.4 Å². The zero-order valence-electron chi connectivity index (χ0n) is 17.7. The minimum Gasteiger partial charge on any atom is -0.481 e. The van der Waals surface area contributed by atoms with Crippen molar-refractivity contribution in [3.05, 3.63) is 59.8 Å². The highest BCUT2D eigenvalue weighted by Crippen LogP contribution is 2.31. The standard InChI is InChI=1S/C24H30N4O3/c29-23(30)15-17-12-14-28(16-18-5-1-2-6-21(17)18)24(31)27-20-10-8-19(9-11-20)26-22-7-3-4-13-25-22/h1-7,13,17,19-20H,8-12,14-16H2,(H,25,26)(H,27,31)(H,29,30). The largest absolute Gasteiger partial charge is 0.481 e. The second kappa shape index (κ2) is 9.81. The molecule has 0 saturated heterocycles. The van der Waals surface area contributed by atoms with Crippen molar-refractivity contribution in [2.24, 2.45) is 0 Å². The maximum Gasteiger partial charge on any atom is 0.317 e. The Hall–Kier alpha value is -3.09. The van der Waals surface area contributed by atoms with Crippen LogP contribution in [0.3, 0.4) is 0 Å². The fraction of sp³-hybridized carbons (Fsp3) is 0.458. The Labute approximate surface area is 182 Å². The SMILES string of the molecule is O=C(O)CC1CCN(C(=O)NC2CCC(Nc3ccccn3)CC2)Cc2ccccc21. The Balaban J connectivity index is 1.31. The van der Waals surface area contributed by atoms with Gasteiger partial charge < -0.3 is 20.6 Å². The number of aliphatic carboxylic acids is 1. The van der Waals surface area contributed by atoms with E-state index >= 15 is 0 Å². The maximum absolute atomic E-state index is 13.0. The lowest BCUT2D eigenvalue weighted by Gasteiger charge is -2.32. The first-order valence-electron chi connectivity index (χ1n) is 11.1. The molecule has 3 N–H and O–H groups in total. The van der Waals surface area contributed by atoms with Crippen molar-refractivity contribution in [3.63, 3.8) is 0 Å². The second-order valence-electron chi connectivity index (χ2n) is 8.56. The van der Waals surface area contributed by atoms with Gasteiger partial charge in [0.15, 0.2) is 0 Å². The van der Waals surface area contributed by atoms with Crippen molar-refractivity contribution in [2.45, 2.75) is 63.1 Å². The first-order valence-corrected chi connectivity index (χ1v) is 11.1. The summed E-state index contributed by atoms with van der Waals surface area (Å²) in [5, 5.41) is 16.0. The summed E-state index contributed by atoms with van der Waals surface area (Å²) in [4.78, 5) is 30.5. The van der Waals surface area contributed by atoms with Gasteiger partial charge in [-0.3, -0.25) is 4.79 Å². The Morgan fingerprint density at radius 1 is 1.00 bits per heavy atom. The van der Waals surface area contributed by atoms with Gasteiger partial charge in [0.2, 0.25) is 0 Å². The minimum absolute atomic E-state index is 0.0492. The van der Waals surface area contributed by atoms with Crippen molar-refractivity contribution in [1.29, 1.82) is 0 Å². The van der Waals surface area contributed by atoms with Crippen LogP contribution < -0.4 is 10.6 Å². The Morgan fingerprint density at radius 3 is 2.48 bits per heavy atom. The van der Waals surface area contributed by atoms with Crippen LogP contribution in [0.5, 0.6) is 0 Å². The van der Waals surface area contributed by atoms with E-state index in [1.807, 2.05) is 47.4 Å². The van der Waals surface area contributed by atoms with Crippen LogP contribution in [0, 0.1) is 0 Å². The van der Waals surface area contributed by atoms with Gasteiger partial charge in [-0.15, -0.1) is 0 Å². The lowest BCUT2D eigenvalue weighted by Crippen LogP contribution is -2.46. The van der Waals surface area contributed by atoms with E-state index < -0.39 is 5.97 Å². The number of carbonyl (C=O) groups is 2. The van der Waals surface area contributed by atoms with E-state index in [1.165, 1.54) is 0 Å². The van der Waals surface area contributed by atoms with Gasteiger partial charge in [-0.2, -0.15) is 0 Å². The number of nitrogens with one attached hydrogen (secondary N) is 2. The summed E-state index contributed by atoms with van der Waals surface area (Å²) in [5.74, 6) is 0.0440. The molecule has 2 aliphatic rings. The van der Waals surface area contributed by atoms with Gasteiger partial charge in [-0.1, -0.05) is 30.3 Å². The van der Waals surface area contributed by atoms with E-state index in [-0.39, 0.29) is 24.4 Å². The number of carboxylic acid groups (broad SMARTS) is 1. The molecule has 7 heteroatoms. The predicted octanol–water partition coefficient (Wildman–Crippen LogP) is 3.98. The number of nitrogens with zero attached hydrogens (tertiary/aromatic N) is 2. The molecule has 2 amide bonds. The summed E-state index contributed by atoms with van der Waals surface area (Å²) >= 11 is 0. The topological polar surface area (TPSA) is 94.6 Å². The van der Waals surface area contributed by atoms with Crippen LogP contribution in [-0.2, 0) is 11.3 Å². The molecule has 0 bridgehead atoms. The molecule has 1 saturated carbocycles. The van der Waals surface area contributed by atoms with Crippen LogP contribution in [0.4, 0.5) is 10.6 Å². The molecule has 0 radical (unpaired) electrons. The van der Waals surface area contributed by atoms with E-state index in [4.69, 9.17) is 0 Å². The molecule has 2 aromatic rings. The lowest BCUT2D eigenvalue weighted by atomic mass is 9.90. The molecule has 1 unspecified atom stereocenters. The molecule has 1 aliphatic heterocycles. The zero-order valence-corrected chi connectivity index (χ0v) is 17.7. The maximum atomic E-state index is 13.0. The molecule has 7 nitrogen and oxygen atoms in total. The monoisotopic (exact) mass is 422 g/mol. The zero-order chi connectivity index (χ0) is 21.6. The van der Waals surface area contributed by atoms with Crippen LogP contribution in [-0.4, -0.2) is 45.6 Å². The molecule has 164 valence electrons. The molecule has 1 atom stereocenters. The highest BCUT2D eigenvalue weighted by molar-refractivity contribution is 5.75. The third-order valence-electron chi connectivity index (χ3n) is 6.38. The smallest absolute Gasteiger partial charge is 0.317 e. The van der Waals surface area contributed by atoms with Crippen LogP contribution >= 0.6 is 0 Å². The van der Waals surface area contributed by atoms with Crippen LogP contribution in [0.25, 0.3) is 0 Å². The molecule has 1 fully saturated rings. The van der Waals surface area contributed by atoms with Crippen molar-refractivity contribution < 1.29 is 14.7 Å². The number of urea groups is 1. The predicted molar refractivity (Wildman–Crippen MR) is 119 cm³/mol. The molecule has 31 heavy (non-hydrogen) atoms. The van der Waals surface area contributed by atoms with Crippen molar-refractivity contribution >= 4 is 17.8 Å². The third kappa shape index (κ3) is 5.54. The normalized spacial score (nSPS) is 23.4. The molecule has 1 aliphatic carbocycles. The van der Waals surface area contributed by atoms with Crippen molar-refractivity contribution in [2.75, 3.05) is 11.9 Å². The summed E-state index contributed by atoms with van der Waals surface area (Å²) in [5.41, 5.74) is 2.10. The number of amides is 2. The average Bonchev–Trinajstić information content (AvgIpc) is 2.95. The Kier molecular flexibility index (Phi) is 6.70. The van der Waals surface area contributed by atoms with Crippen molar-refractivity contribution in [3.8, 4) is 0 Å². The first kappa shape index (κ1) is 21.2. The molecule has 4 rings (SSSR count). The number of fused-ring (bicyclic) bond motifs is 1. The fourth-order valence-electron chi connectivity index (χ4n) is 4.73. The van der Waals surface area contributed by atoms with Crippen LogP contribution in [0.15, 0.2) is 48.7 Å². The summed E-state index contributed by atoms with van der Waals surface area (Å²) in [6.45, 7) is 1.09. The van der Waals surface area contributed by atoms with E-state index in [2.05, 4.69) is 15.6 Å². The molecular formula is C24H30N4O3. The number of hydrogen-bond donors (Lipinski definition) is 3.